The van der Waals surface area contributed by atoms with Gasteiger partial charge in [-0.1, -0.05) is 6.07 Å². The average Bonchev–Trinajstić information content (AvgIpc) is 3.15. The SMILES string of the molecule is Cc1sc2ncnc(OCC(=O)NC(C)c3cccs3)c2c1C. The van der Waals surface area contributed by atoms with E-state index in [4.69, 9.17) is 4.74 Å². The van der Waals surface area contributed by atoms with Gasteiger partial charge in [0.1, 0.15) is 11.2 Å². The van der Waals surface area contributed by atoms with Crippen molar-refractivity contribution >= 4 is 38.8 Å². The number of nitrogens with zero attached hydrogens (tertiary/aromatic N) is 2. The first-order chi connectivity index (χ1) is 11.1. The molecule has 0 aliphatic heterocycles. The van der Waals surface area contributed by atoms with Crippen molar-refractivity contribution < 1.29 is 9.53 Å². The molecule has 0 fully saturated rings. The highest BCUT2D eigenvalue weighted by Crippen LogP contribution is 2.33. The van der Waals surface area contributed by atoms with Crippen LogP contribution in [0.3, 0.4) is 0 Å². The Bertz CT molecular complexity index is 827. The van der Waals surface area contributed by atoms with Crippen molar-refractivity contribution in [3.8, 4) is 5.88 Å². The number of hydrogen-bond donors (Lipinski definition) is 1. The summed E-state index contributed by atoms with van der Waals surface area (Å²) in [5.41, 5.74) is 1.10. The van der Waals surface area contributed by atoms with Crippen molar-refractivity contribution in [3.63, 3.8) is 0 Å². The van der Waals surface area contributed by atoms with Gasteiger partial charge in [-0.15, -0.1) is 22.7 Å². The molecule has 7 heteroatoms. The Balaban J connectivity index is 1.67. The Labute approximate surface area is 142 Å². The molecule has 0 saturated heterocycles. The van der Waals surface area contributed by atoms with Crippen LogP contribution in [-0.4, -0.2) is 22.5 Å². The molecule has 0 aromatic carbocycles. The third-order valence-corrected chi connectivity index (χ3v) is 5.79. The van der Waals surface area contributed by atoms with Crippen molar-refractivity contribution in [2.24, 2.45) is 0 Å². The Kier molecular flexibility index (Phi) is 4.58. The minimum Gasteiger partial charge on any atom is -0.467 e. The van der Waals surface area contributed by atoms with Crippen LogP contribution in [0.5, 0.6) is 5.88 Å². The van der Waals surface area contributed by atoms with E-state index >= 15 is 0 Å². The lowest BCUT2D eigenvalue weighted by molar-refractivity contribution is -0.123. The molecular weight excluding hydrogens is 330 g/mol. The van der Waals surface area contributed by atoms with E-state index in [2.05, 4.69) is 15.3 Å². The molecule has 1 atom stereocenters. The molecule has 3 aromatic rings. The minimum atomic E-state index is -0.165. The first-order valence-corrected chi connectivity index (χ1v) is 8.92. The fourth-order valence-electron chi connectivity index (χ4n) is 2.29. The highest BCUT2D eigenvalue weighted by Gasteiger charge is 2.15. The summed E-state index contributed by atoms with van der Waals surface area (Å²) in [6.45, 7) is 5.96. The Hall–Kier alpha value is -1.99. The van der Waals surface area contributed by atoms with Crippen molar-refractivity contribution in [1.29, 1.82) is 0 Å². The first-order valence-electron chi connectivity index (χ1n) is 7.22. The normalized spacial score (nSPS) is 12.3. The number of aryl methyl sites for hydroxylation is 2. The number of aromatic nitrogens is 2. The van der Waals surface area contributed by atoms with Crippen LogP contribution in [-0.2, 0) is 4.79 Å². The van der Waals surface area contributed by atoms with Gasteiger partial charge in [0, 0.05) is 9.75 Å². The van der Waals surface area contributed by atoms with Crippen LogP contribution in [0.1, 0.15) is 28.3 Å². The molecule has 0 saturated carbocycles. The monoisotopic (exact) mass is 347 g/mol. The standard InChI is InChI=1S/C16H17N3O2S2/c1-9-11(3)23-16-14(9)15(17-8-18-16)21-7-13(20)19-10(2)12-5-4-6-22-12/h4-6,8,10H,7H2,1-3H3,(H,19,20). The molecule has 0 aliphatic rings. The highest BCUT2D eigenvalue weighted by molar-refractivity contribution is 7.18. The van der Waals surface area contributed by atoms with Gasteiger partial charge >= 0.3 is 0 Å². The van der Waals surface area contributed by atoms with Crippen LogP contribution in [0.2, 0.25) is 0 Å². The summed E-state index contributed by atoms with van der Waals surface area (Å²) in [5.74, 6) is 0.304. The van der Waals surface area contributed by atoms with Crippen molar-refractivity contribution in [1.82, 2.24) is 15.3 Å². The molecule has 120 valence electrons. The summed E-state index contributed by atoms with van der Waals surface area (Å²) in [6.07, 6.45) is 1.47. The van der Waals surface area contributed by atoms with Crippen LogP contribution >= 0.6 is 22.7 Å². The molecular formula is C16H17N3O2S2. The van der Waals surface area contributed by atoms with Gasteiger partial charge in [-0.2, -0.15) is 0 Å². The molecule has 3 heterocycles. The molecule has 0 spiro atoms. The summed E-state index contributed by atoms with van der Waals surface area (Å²) in [7, 11) is 0. The minimum absolute atomic E-state index is 0.0263. The Morgan fingerprint density at radius 2 is 2.22 bits per heavy atom. The number of carbonyl (C=O) groups excluding carboxylic acids is 1. The summed E-state index contributed by atoms with van der Waals surface area (Å²) in [5, 5.41) is 5.82. The maximum Gasteiger partial charge on any atom is 0.258 e. The number of hydrogen-bond acceptors (Lipinski definition) is 6. The summed E-state index contributed by atoms with van der Waals surface area (Å²) in [6, 6.07) is 3.95. The Morgan fingerprint density at radius 3 is 2.96 bits per heavy atom. The average molecular weight is 347 g/mol. The van der Waals surface area contributed by atoms with E-state index in [9.17, 15) is 4.79 Å². The van der Waals surface area contributed by atoms with Crippen LogP contribution in [0.25, 0.3) is 10.2 Å². The summed E-state index contributed by atoms with van der Waals surface area (Å²) in [4.78, 5) is 23.7. The predicted molar refractivity (Wildman–Crippen MR) is 93.3 cm³/mol. The van der Waals surface area contributed by atoms with Crippen LogP contribution in [0.4, 0.5) is 0 Å². The van der Waals surface area contributed by atoms with Gasteiger partial charge in [0.25, 0.3) is 5.91 Å². The lowest BCUT2D eigenvalue weighted by Gasteiger charge is -2.12. The second-order valence-corrected chi connectivity index (χ2v) is 7.42. The predicted octanol–water partition coefficient (Wildman–Crippen LogP) is 3.63. The third kappa shape index (κ3) is 3.35. The third-order valence-electron chi connectivity index (χ3n) is 3.62. The van der Waals surface area contributed by atoms with E-state index in [0.717, 1.165) is 20.7 Å². The van der Waals surface area contributed by atoms with Gasteiger partial charge in [-0.25, -0.2) is 9.97 Å². The molecule has 3 rings (SSSR count). The molecule has 0 radical (unpaired) electrons. The van der Waals surface area contributed by atoms with Crippen LogP contribution < -0.4 is 10.1 Å². The number of ether oxygens (including phenoxy) is 1. The van der Waals surface area contributed by atoms with Gasteiger partial charge < -0.3 is 10.1 Å². The molecule has 1 unspecified atom stereocenters. The van der Waals surface area contributed by atoms with E-state index in [0.29, 0.717) is 5.88 Å². The number of thiophene rings is 2. The number of nitrogens with one attached hydrogen (secondary N) is 1. The maximum atomic E-state index is 12.1. The zero-order valence-electron chi connectivity index (χ0n) is 13.1. The molecule has 5 nitrogen and oxygen atoms in total. The fourth-order valence-corrected chi connectivity index (χ4v) is 4.01. The molecule has 3 aromatic heterocycles. The number of fused-ring (bicyclic) bond motifs is 1. The van der Waals surface area contributed by atoms with Crippen LogP contribution in [0, 0.1) is 13.8 Å². The van der Waals surface area contributed by atoms with E-state index in [1.54, 1.807) is 22.7 Å². The fraction of sp³-hybridized carbons (Fsp3) is 0.312. The first kappa shape index (κ1) is 15.9. The van der Waals surface area contributed by atoms with E-state index in [1.165, 1.54) is 11.2 Å². The van der Waals surface area contributed by atoms with Gasteiger partial charge in [0.2, 0.25) is 5.88 Å². The lowest BCUT2D eigenvalue weighted by Crippen LogP contribution is -2.31. The summed E-state index contributed by atoms with van der Waals surface area (Å²) < 4.78 is 5.64. The van der Waals surface area contributed by atoms with Gasteiger partial charge in [-0.3, -0.25) is 4.79 Å². The van der Waals surface area contributed by atoms with Crippen molar-refractivity contribution in [3.05, 3.63) is 39.2 Å². The topological polar surface area (TPSA) is 64.1 Å². The smallest absolute Gasteiger partial charge is 0.258 e. The molecule has 1 amide bonds. The molecule has 23 heavy (non-hydrogen) atoms. The number of carbonyl (C=O) groups is 1. The van der Waals surface area contributed by atoms with Crippen molar-refractivity contribution in [2.75, 3.05) is 6.61 Å². The number of amides is 1. The van der Waals surface area contributed by atoms with E-state index in [1.807, 2.05) is 38.3 Å². The van der Waals surface area contributed by atoms with Gasteiger partial charge in [-0.05, 0) is 37.8 Å². The summed E-state index contributed by atoms with van der Waals surface area (Å²) >= 11 is 3.23. The van der Waals surface area contributed by atoms with E-state index < -0.39 is 0 Å². The van der Waals surface area contributed by atoms with Crippen molar-refractivity contribution in [2.45, 2.75) is 26.8 Å². The lowest BCUT2D eigenvalue weighted by atomic mass is 10.2. The highest BCUT2D eigenvalue weighted by atomic mass is 32.1. The zero-order chi connectivity index (χ0) is 16.4. The maximum absolute atomic E-state index is 12.1. The number of rotatable bonds is 5. The second-order valence-electron chi connectivity index (χ2n) is 5.24. The largest absolute Gasteiger partial charge is 0.467 e. The van der Waals surface area contributed by atoms with E-state index in [-0.39, 0.29) is 18.6 Å². The van der Waals surface area contributed by atoms with Crippen LogP contribution in [0.15, 0.2) is 23.8 Å². The molecule has 1 N–H and O–H groups in total. The second kappa shape index (κ2) is 6.64. The molecule has 0 aliphatic carbocycles. The Morgan fingerprint density at radius 1 is 1.39 bits per heavy atom. The van der Waals surface area contributed by atoms with Gasteiger partial charge in [0.15, 0.2) is 6.61 Å². The molecule has 0 bridgehead atoms. The zero-order valence-corrected chi connectivity index (χ0v) is 14.8. The quantitative estimate of drug-likeness (QED) is 0.765. The van der Waals surface area contributed by atoms with Gasteiger partial charge in [0.05, 0.1) is 11.4 Å².